The number of anilines is 1. The Hall–Kier alpha value is -5.38. The van der Waals surface area contributed by atoms with Crippen molar-refractivity contribution in [1.29, 1.82) is 0 Å². The van der Waals surface area contributed by atoms with Crippen LogP contribution in [0.1, 0.15) is 37.8 Å². The van der Waals surface area contributed by atoms with E-state index < -0.39 is 50.6 Å². The average Bonchev–Trinajstić information content (AvgIpc) is 3.35. The summed E-state index contributed by atoms with van der Waals surface area (Å²) in [5.74, 6) is -4.04. The molecule has 3 aromatic rings. The Morgan fingerprint density at radius 2 is 1.49 bits per heavy atom. The fourth-order valence-corrected chi connectivity index (χ4v) is 6.42. The summed E-state index contributed by atoms with van der Waals surface area (Å²) in [5, 5.41) is 23.0. The predicted octanol–water partition coefficient (Wildman–Crippen LogP) is 4.90. The Bertz CT molecular complexity index is 1780. The summed E-state index contributed by atoms with van der Waals surface area (Å²) in [7, 11) is 0. The Kier molecular flexibility index (Phi) is 6.37. The third kappa shape index (κ3) is 4.17. The van der Waals surface area contributed by atoms with Crippen molar-refractivity contribution in [2.24, 2.45) is 5.41 Å². The molecule has 0 bridgehead atoms. The lowest BCUT2D eigenvalue weighted by atomic mass is 9.70. The van der Waals surface area contributed by atoms with Gasteiger partial charge in [0.1, 0.15) is 5.76 Å². The summed E-state index contributed by atoms with van der Waals surface area (Å²) < 4.78 is 0. The molecule has 0 aromatic heterocycles. The summed E-state index contributed by atoms with van der Waals surface area (Å²) in [6.45, 7) is 3.89. The number of hydrogen-bond acceptors (Lipinski definition) is 7. The zero-order chi connectivity index (χ0) is 30.7. The number of para-hydroxylation sites is 1. The largest absolute Gasteiger partial charge is 0.507 e. The average molecular weight is 578 g/mol. The fourth-order valence-electron chi connectivity index (χ4n) is 6.42. The first-order valence-corrected chi connectivity index (χ1v) is 13.7. The minimum Gasteiger partial charge on any atom is -0.507 e. The maximum Gasteiger partial charge on any atom is 0.300 e. The second-order valence-corrected chi connectivity index (χ2v) is 11.7. The van der Waals surface area contributed by atoms with Crippen molar-refractivity contribution >= 4 is 40.5 Å². The highest BCUT2D eigenvalue weighted by atomic mass is 16.6. The van der Waals surface area contributed by atoms with Gasteiger partial charge in [-0.15, -0.1) is 0 Å². The van der Waals surface area contributed by atoms with Gasteiger partial charge in [-0.25, -0.2) is 0 Å². The van der Waals surface area contributed by atoms with Gasteiger partial charge in [-0.1, -0.05) is 62.4 Å². The number of ketones is 2. The second kappa shape index (κ2) is 9.87. The van der Waals surface area contributed by atoms with Crippen LogP contribution in [0.3, 0.4) is 0 Å². The van der Waals surface area contributed by atoms with Gasteiger partial charge >= 0.3 is 5.91 Å². The molecule has 6 rings (SSSR count). The molecule has 3 aromatic carbocycles. The minimum atomic E-state index is -2.28. The number of Topliss-reactive ketones (excluding diaryl/α,β-unsaturated/α-hetero) is 2. The third-order valence-electron chi connectivity index (χ3n) is 8.20. The number of rotatable bonds is 5. The van der Waals surface area contributed by atoms with E-state index in [1.165, 1.54) is 17.0 Å². The van der Waals surface area contributed by atoms with Crippen molar-refractivity contribution in [3.63, 3.8) is 0 Å². The Labute approximate surface area is 246 Å². The van der Waals surface area contributed by atoms with E-state index in [4.69, 9.17) is 0 Å². The lowest BCUT2D eigenvalue weighted by Crippen LogP contribution is -2.56. The van der Waals surface area contributed by atoms with E-state index in [0.29, 0.717) is 12.1 Å². The molecule has 43 heavy (non-hydrogen) atoms. The molecule has 1 saturated heterocycles. The molecule has 2 amide bonds. The Morgan fingerprint density at radius 3 is 2.09 bits per heavy atom. The number of allylic oxidation sites excluding steroid dienone is 1. The first kappa shape index (κ1) is 27.8. The number of benzene rings is 3. The van der Waals surface area contributed by atoms with E-state index in [-0.39, 0.29) is 35.5 Å². The van der Waals surface area contributed by atoms with Crippen LogP contribution in [0.25, 0.3) is 5.76 Å². The van der Waals surface area contributed by atoms with Crippen LogP contribution in [0, 0.1) is 15.5 Å². The van der Waals surface area contributed by atoms with E-state index in [2.05, 4.69) is 0 Å². The van der Waals surface area contributed by atoms with Crippen molar-refractivity contribution in [3.05, 3.63) is 123 Å². The van der Waals surface area contributed by atoms with Gasteiger partial charge in [-0.05, 0) is 41.7 Å². The van der Waals surface area contributed by atoms with Crippen LogP contribution < -0.4 is 4.90 Å². The highest BCUT2D eigenvalue weighted by Crippen LogP contribution is 2.56. The van der Waals surface area contributed by atoms with Gasteiger partial charge in [-0.3, -0.25) is 34.2 Å². The maximum atomic E-state index is 15.0. The summed E-state index contributed by atoms with van der Waals surface area (Å²) in [5.41, 5.74) is -2.27. The molecule has 1 fully saturated rings. The highest BCUT2D eigenvalue weighted by molar-refractivity contribution is 6.56. The van der Waals surface area contributed by atoms with Crippen LogP contribution in [0.4, 0.5) is 11.4 Å². The lowest BCUT2D eigenvalue weighted by molar-refractivity contribution is -0.384. The van der Waals surface area contributed by atoms with E-state index in [1.807, 2.05) is 44.2 Å². The molecule has 10 heteroatoms. The number of carbonyl (C=O) groups excluding carboxylic acids is 4. The van der Waals surface area contributed by atoms with Gasteiger partial charge in [0.25, 0.3) is 17.4 Å². The SMILES string of the molecule is CC1(C)CC(=O)C2=C(C1)N(Cc1ccccc1)C(=O)C21/C(=C(\O)c2ccc([N+](=O)[O-])cc2)C(=O)C(=O)N1c1ccccc1. The first-order chi connectivity index (χ1) is 20.5. The molecule has 0 radical (unpaired) electrons. The molecule has 1 unspecified atom stereocenters. The number of carbonyl (C=O) groups is 4. The summed E-state index contributed by atoms with van der Waals surface area (Å²) in [6, 6.07) is 22.0. The summed E-state index contributed by atoms with van der Waals surface area (Å²) >= 11 is 0. The number of fused-ring (bicyclic) bond motifs is 1. The van der Waals surface area contributed by atoms with Crippen molar-refractivity contribution in [2.75, 3.05) is 4.90 Å². The normalized spacial score (nSPS) is 22.5. The molecule has 3 aliphatic rings. The van der Waals surface area contributed by atoms with Gasteiger partial charge < -0.3 is 10.0 Å². The van der Waals surface area contributed by atoms with Crippen LogP contribution in [-0.2, 0) is 25.7 Å². The number of aliphatic hydroxyl groups excluding tert-OH is 1. The number of nitrogens with zero attached hydrogens (tertiary/aromatic N) is 3. The summed E-state index contributed by atoms with van der Waals surface area (Å²) in [6.07, 6.45) is 0.363. The van der Waals surface area contributed by atoms with Gasteiger partial charge in [-0.2, -0.15) is 0 Å². The molecule has 1 spiro atoms. The quantitative estimate of drug-likeness (QED) is 0.150. The van der Waals surface area contributed by atoms with Crippen LogP contribution in [0.5, 0.6) is 0 Å². The molecular formula is C33H27N3O7. The molecule has 1 atom stereocenters. The molecule has 216 valence electrons. The molecule has 1 N–H and O–H groups in total. The van der Waals surface area contributed by atoms with Gasteiger partial charge in [0.05, 0.1) is 22.6 Å². The molecule has 10 nitrogen and oxygen atoms in total. The lowest BCUT2D eigenvalue weighted by Gasteiger charge is -2.37. The zero-order valence-electron chi connectivity index (χ0n) is 23.4. The van der Waals surface area contributed by atoms with Crippen LogP contribution in [-0.4, -0.2) is 43.8 Å². The molecule has 2 heterocycles. The Morgan fingerprint density at radius 1 is 0.884 bits per heavy atom. The second-order valence-electron chi connectivity index (χ2n) is 11.7. The zero-order valence-corrected chi connectivity index (χ0v) is 23.4. The molecule has 2 aliphatic heterocycles. The molecule has 0 saturated carbocycles. The van der Waals surface area contributed by atoms with Crippen LogP contribution in [0.2, 0.25) is 0 Å². The van der Waals surface area contributed by atoms with E-state index in [9.17, 15) is 34.4 Å². The van der Waals surface area contributed by atoms with Gasteiger partial charge in [0.2, 0.25) is 0 Å². The van der Waals surface area contributed by atoms with Gasteiger partial charge in [0, 0.05) is 35.5 Å². The standard InChI is InChI=1S/C33H27N3O7/c1-32(2)17-24-26(25(37)18-32)33(31(41)34(24)19-20-9-5-3-6-10-20)27(28(38)21-13-15-23(16-14-21)36(42)43)29(39)30(40)35(33)22-11-7-4-8-12-22/h3-16,38H,17-19H2,1-2H3/b28-27-. The number of amides is 2. The number of nitro groups is 1. The topological polar surface area (TPSA) is 138 Å². The van der Waals surface area contributed by atoms with Crippen molar-refractivity contribution in [2.45, 2.75) is 38.8 Å². The minimum absolute atomic E-state index is 0.0146. The van der Waals surface area contributed by atoms with E-state index in [1.54, 1.807) is 30.3 Å². The maximum absolute atomic E-state index is 15.0. The fraction of sp³-hybridized carbons (Fsp3) is 0.212. The number of nitro benzene ring substituents is 1. The van der Waals surface area contributed by atoms with Crippen molar-refractivity contribution < 1.29 is 29.2 Å². The number of aliphatic hydroxyl groups is 1. The van der Waals surface area contributed by atoms with E-state index >= 15 is 0 Å². The predicted molar refractivity (Wildman–Crippen MR) is 156 cm³/mol. The van der Waals surface area contributed by atoms with E-state index in [0.717, 1.165) is 22.6 Å². The highest BCUT2D eigenvalue weighted by Gasteiger charge is 2.70. The van der Waals surface area contributed by atoms with Crippen molar-refractivity contribution in [1.82, 2.24) is 4.90 Å². The smallest absolute Gasteiger partial charge is 0.300 e. The number of non-ortho nitro benzene ring substituents is 1. The Balaban J connectivity index is 1.68. The molecule has 1 aliphatic carbocycles. The van der Waals surface area contributed by atoms with Crippen LogP contribution in [0.15, 0.2) is 102 Å². The monoisotopic (exact) mass is 577 g/mol. The number of hydrogen-bond donors (Lipinski definition) is 1. The van der Waals surface area contributed by atoms with Gasteiger partial charge in [0.15, 0.2) is 11.3 Å². The third-order valence-corrected chi connectivity index (χ3v) is 8.20. The molecular weight excluding hydrogens is 550 g/mol. The first-order valence-electron chi connectivity index (χ1n) is 13.7. The van der Waals surface area contributed by atoms with Crippen molar-refractivity contribution in [3.8, 4) is 0 Å². The summed E-state index contributed by atoms with van der Waals surface area (Å²) in [4.78, 5) is 70.1. The van der Waals surface area contributed by atoms with Crippen LogP contribution >= 0.6 is 0 Å².